The Hall–Kier alpha value is -3.74. The van der Waals surface area contributed by atoms with E-state index in [1.54, 1.807) is 19.1 Å². The average Bonchev–Trinajstić information content (AvgIpc) is 3.16. The number of imide groups is 1. The van der Waals surface area contributed by atoms with Crippen LogP contribution in [0.15, 0.2) is 48.5 Å². The van der Waals surface area contributed by atoms with Crippen LogP contribution >= 0.6 is 0 Å². The third-order valence-electron chi connectivity index (χ3n) is 4.98. The summed E-state index contributed by atoms with van der Waals surface area (Å²) in [7, 11) is 0. The van der Waals surface area contributed by atoms with Crippen molar-refractivity contribution in [3.8, 4) is 0 Å². The molecule has 146 valence electrons. The Morgan fingerprint density at radius 3 is 2.24 bits per heavy atom. The van der Waals surface area contributed by atoms with Crippen LogP contribution in [-0.4, -0.2) is 46.1 Å². The van der Waals surface area contributed by atoms with Gasteiger partial charge in [-0.15, -0.1) is 0 Å². The summed E-state index contributed by atoms with van der Waals surface area (Å²) in [6, 6.07) is 13.7. The van der Waals surface area contributed by atoms with Gasteiger partial charge < -0.3 is 9.72 Å². The number of amides is 2. The molecule has 29 heavy (non-hydrogen) atoms. The topological polar surface area (TPSA) is 96.5 Å². The van der Waals surface area contributed by atoms with Crippen LogP contribution < -0.4 is 0 Å². The van der Waals surface area contributed by atoms with Gasteiger partial charge in [-0.3, -0.25) is 24.1 Å². The quantitative estimate of drug-likeness (QED) is 0.410. The number of carbonyl (C=O) groups excluding carboxylic acids is 4. The summed E-state index contributed by atoms with van der Waals surface area (Å²) in [6.45, 7) is 2.71. The van der Waals surface area contributed by atoms with Gasteiger partial charge in [0.25, 0.3) is 11.8 Å². The first-order valence-electron chi connectivity index (χ1n) is 9.14. The average molecular weight is 390 g/mol. The van der Waals surface area contributed by atoms with E-state index in [9.17, 15) is 19.2 Å². The van der Waals surface area contributed by atoms with Crippen LogP contribution in [0.3, 0.4) is 0 Å². The highest BCUT2D eigenvalue weighted by Gasteiger charge is 2.37. The van der Waals surface area contributed by atoms with E-state index >= 15 is 0 Å². The van der Waals surface area contributed by atoms with Crippen LogP contribution in [0.5, 0.6) is 0 Å². The number of carbonyl (C=O) groups is 4. The summed E-state index contributed by atoms with van der Waals surface area (Å²) in [5.41, 5.74) is 2.46. The number of Topliss-reactive ketones (excluding diaryl/α,β-unsaturated/α-hetero) is 1. The maximum absolute atomic E-state index is 12.9. The van der Waals surface area contributed by atoms with Gasteiger partial charge >= 0.3 is 5.97 Å². The molecule has 1 aliphatic heterocycles. The van der Waals surface area contributed by atoms with Crippen LogP contribution in [0.1, 0.15) is 43.7 Å². The molecule has 0 radical (unpaired) electrons. The van der Waals surface area contributed by atoms with E-state index in [2.05, 4.69) is 4.98 Å². The fourth-order valence-electron chi connectivity index (χ4n) is 3.60. The number of hydrogen-bond donors (Lipinski definition) is 1. The lowest BCUT2D eigenvalue weighted by Crippen LogP contribution is -2.37. The van der Waals surface area contributed by atoms with Crippen molar-refractivity contribution in [2.45, 2.75) is 20.0 Å². The summed E-state index contributed by atoms with van der Waals surface area (Å²) in [6.07, 6.45) is -1.06. The first kappa shape index (κ1) is 18.6. The number of aromatic amines is 1. The largest absolute Gasteiger partial charge is 0.453 e. The van der Waals surface area contributed by atoms with Gasteiger partial charge in [0.15, 0.2) is 6.10 Å². The number of nitrogens with one attached hydrogen (secondary N) is 1. The molecule has 3 aromatic rings. The van der Waals surface area contributed by atoms with E-state index in [1.165, 1.54) is 19.1 Å². The van der Waals surface area contributed by atoms with Crippen molar-refractivity contribution in [3.05, 3.63) is 70.9 Å². The van der Waals surface area contributed by atoms with Crippen molar-refractivity contribution in [3.63, 3.8) is 0 Å². The van der Waals surface area contributed by atoms with E-state index in [4.69, 9.17) is 4.74 Å². The monoisotopic (exact) mass is 390 g/mol. The van der Waals surface area contributed by atoms with Gasteiger partial charge in [0.1, 0.15) is 6.54 Å². The number of H-pyrrole nitrogens is 1. The molecule has 1 aliphatic rings. The minimum atomic E-state index is -1.06. The number of fused-ring (bicyclic) bond motifs is 2. The summed E-state index contributed by atoms with van der Waals surface area (Å²) >= 11 is 0. The van der Waals surface area contributed by atoms with E-state index in [0.29, 0.717) is 11.3 Å². The van der Waals surface area contributed by atoms with E-state index in [0.717, 1.165) is 15.8 Å². The Morgan fingerprint density at radius 2 is 1.59 bits per heavy atom. The molecule has 0 aliphatic carbocycles. The standard InChI is InChI=1S/C22H18N2O5/c1-12-19(16-9-5-6-10-17(16)23-12)20(26)13(2)29-18(25)11-24-21(27)14-7-3-4-8-15(14)22(24)28/h3-10,13,23H,11H2,1-2H3/t13-/m1/s1. The molecular formula is C22H18N2O5. The fourth-order valence-corrected chi connectivity index (χ4v) is 3.60. The fraction of sp³-hybridized carbons (Fsp3) is 0.182. The van der Waals surface area contributed by atoms with Crippen LogP contribution in [0.2, 0.25) is 0 Å². The number of nitrogens with zero attached hydrogens (tertiary/aromatic N) is 1. The van der Waals surface area contributed by atoms with E-state index in [1.807, 2.05) is 24.3 Å². The smallest absolute Gasteiger partial charge is 0.326 e. The molecule has 0 saturated carbocycles. The van der Waals surface area contributed by atoms with Crippen molar-refractivity contribution in [1.82, 2.24) is 9.88 Å². The zero-order valence-corrected chi connectivity index (χ0v) is 15.9. The van der Waals surface area contributed by atoms with Gasteiger partial charge in [-0.05, 0) is 32.0 Å². The predicted molar refractivity (Wildman–Crippen MR) is 105 cm³/mol. The van der Waals surface area contributed by atoms with Gasteiger partial charge in [0.05, 0.1) is 11.1 Å². The lowest BCUT2D eigenvalue weighted by Gasteiger charge is -2.16. The second kappa shape index (κ2) is 7.01. The van der Waals surface area contributed by atoms with Crippen molar-refractivity contribution in [1.29, 1.82) is 0 Å². The zero-order valence-electron chi connectivity index (χ0n) is 15.9. The summed E-state index contributed by atoms with van der Waals surface area (Å²) < 4.78 is 5.25. The van der Waals surface area contributed by atoms with Gasteiger partial charge in [-0.25, -0.2) is 0 Å². The highest BCUT2D eigenvalue weighted by atomic mass is 16.5. The number of aryl methyl sites for hydroxylation is 1. The second-order valence-electron chi connectivity index (χ2n) is 6.91. The molecule has 4 rings (SSSR count). The van der Waals surface area contributed by atoms with Crippen molar-refractivity contribution in [2.24, 2.45) is 0 Å². The molecule has 1 aromatic heterocycles. The van der Waals surface area contributed by atoms with Crippen LogP contribution in [0.25, 0.3) is 10.9 Å². The molecule has 1 N–H and O–H groups in total. The Kier molecular flexibility index (Phi) is 4.50. The van der Waals surface area contributed by atoms with Crippen molar-refractivity contribution in [2.75, 3.05) is 6.54 Å². The summed E-state index contributed by atoms with van der Waals surface area (Å²) in [4.78, 5) is 53.9. The van der Waals surface area contributed by atoms with E-state index < -0.39 is 30.4 Å². The van der Waals surface area contributed by atoms with E-state index in [-0.39, 0.29) is 16.9 Å². The molecule has 7 heteroatoms. The summed E-state index contributed by atoms with van der Waals surface area (Å²) in [5, 5.41) is 0.748. The lowest BCUT2D eigenvalue weighted by molar-refractivity contribution is -0.146. The lowest BCUT2D eigenvalue weighted by atomic mass is 10.0. The summed E-state index contributed by atoms with van der Waals surface area (Å²) in [5.74, 6) is -2.27. The minimum Gasteiger partial charge on any atom is -0.453 e. The van der Waals surface area contributed by atoms with Gasteiger partial charge in [0.2, 0.25) is 5.78 Å². The van der Waals surface area contributed by atoms with Crippen molar-refractivity contribution >= 4 is 34.5 Å². The first-order chi connectivity index (χ1) is 13.9. The van der Waals surface area contributed by atoms with Crippen LogP contribution in [0.4, 0.5) is 0 Å². The molecule has 0 saturated heterocycles. The Morgan fingerprint density at radius 1 is 1.00 bits per heavy atom. The highest BCUT2D eigenvalue weighted by molar-refractivity contribution is 6.22. The Bertz CT molecular complexity index is 1140. The minimum absolute atomic E-state index is 0.254. The van der Waals surface area contributed by atoms with Gasteiger partial charge in [-0.2, -0.15) is 0 Å². The first-order valence-corrected chi connectivity index (χ1v) is 9.14. The van der Waals surface area contributed by atoms with Crippen LogP contribution in [0, 0.1) is 6.92 Å². The second-order valence-corrected chi connectivity index (χ2v) is 6.91. The molecule has 2 heterocycles. The number of hydrogen-bond acceptors (Lipinski definition) is 5. The normalized spacial score (nSPS) is 14.2. The molecule has 2 amide bonds. The number of para-hydroxylation sites is 1. The highest BCUT2D eigenvalue weighted by Crippen LogP contribution is 2.25. The third-order valence-corrected chi connectivity index (χ3v) is 4.98. The Labute approximate surface area is 166 Å². The molecule has 0 bridgehead atoms. The number of ether oxygens (including phenoxy) is 1. The SMILES string of the molecule is Cc1[nH]c2ccccc2c1C(=O)[C@@H](C)OC(=O)CN1C(=O)c2ccccc2C1=O. The molecule has 2 aromatic carbocycles. The number of benzene rings is 2. The number of ketones is 1. The molecular weight excluding hydrogens is 372 g/mol. The number of aromatic nitrogens is 1. The van der Waals surface area contributed by atoms with Gasteiger partial charge in [-0.1, -0.05) is 30.3 Å². The van der Waals surface area contributed by atoms with Crippen LogP contribution in [-0.2, 0) is 9.53 Å². The Balaban J connectivity index is 1.48. The van der Waals surface area contributed by atoms with Crippen molar-refractivity contribution < 1.29 is 23.9 Å². The van der Waals surface area contributed by atoms with Gasteiger partial charge in [0, 0.05) is 22.2 Å². The predicted octanol–water partition coefficient (Wildman–Crippen LogP) is 2.89. The molecule has 0 spiro atoms. The molecule has 1 atom stereocenters. The number of rotatable bonds is 5. The molecule has 7 nitrogen and oxygen atoms in total. The maximum atomic E-state index is 12.9. The maximum Gasteiger partial charge on any atom is 0.326 e. The number of esters is 1. The molecule has 0 fully saturated rings. The zero-order chi connectivity index (χ0) is 20.7. The molecule has 0 unspecified atom stereocenters. The third kappa shape index (κ3) is 3.10.